The van der Waals surface area contributed by atoms with E-state index in [9.17, 15) is 19.2 Å². The second-order valence-corrected chi connectivity index (χ2v) is 9.68. The Morgan fingerprint density at radius 3 is 2.28 bits per heavy atom. The second-order valence-electron chi connectivity index (χ2n) is 9.68. The molecule has 1 aliphatic heterocycles. The number of pyridine rings is 1. The number of nitrogens with zero attached hydrogens (tertiary/aromatic N) is 2. The highest BCUT2D eigenvalue weighted by Gasteiger charge is 2.48. The van der Waals surface area contributed by atoms with Gasteiger partial charge < -0.3 is 14.2 Å². The Balaban J connectivity index is 2.02. The maximum Gasteiger partial charge on any atom is 0.323 e. The second kappa shape index (κ2) is 14.3. The average Bonchev–Trinajstić information content (AvgIpc) is 2.95. The molecule has 0 radical (unpaired) electrons. The van der Waals surface area contributed by atoms with Crippen LogP contribution >= 0.6 is 0 Å². The van der Waals surface area contributed by atoms with Crippen LogP contribution in [0, 0.1) is 11.3 Å². The lowest BCUT2D eigenvalue weighted by atomic mass is 9.79. The zero-order valence-electron chi connectivity index (χ0n) is 22.8. The van der Waals surface area contributed by atoms with Crippen LogP contribution < -0.4 is 0 Å². The first-order chi connectivity index (χ1) is 18.8. The third kappa shape index (κ3) is 8.07. The van der Waals surface area contributed by atoms with E-state index in [2.05, 4.69) is 4.90 Å². The van der Waals surface area contributed by atoms with Crippen LogP contribution in [-0.4, -0.2) is 61.4 Å². The smallest absolute Gasteiger partial charge is 0.323 e. The zero-order valence-corrected chi connectivity index (χ0v) is 22.8. The molecule has 1 atom stereocenters. The number of allylic oxidation sites excluding steroid dienone is 2. The van der Waals surface area contributed by atoms with Gasteiger partial charge in [-0.15, -0.1) is 0 Å². The topological polar surface area (TPSA) is 112 Å². The van der Waals surface area contributed by atoms with Gasteiger partial charge in [-0.1, -0.05) is 48.6 Å². The van der Waals surface area contributed by atoms with Crippen LogP contribution in [0.3, 0.4) is 0 Å². The number of Topliss-reactive ketones (excluding diaryl/α,β-unsaturated/α-hetero) is 1. The number of hydrogen-bond donors (Lipinski definition) is 0. The minimum Gasteiger partial charge on any atom is -0.469 e. The van der Waals surface area contributed by atoms with Gasteiger partial charge in [0.15, 0.2) is 5.41 Å². The van der Waals surface area contributed by atoms with Gasteiger partial charge in [0.2, 0.25) is 0 Å². The van der Waals surface area contributed by atoms with Crippen molar-refractivity contribution in [2.75, 3.05) is 27.9 Å². The maximum absolute atomic E-state index is 13.0. The van der Waals surface area contributed by atoms with E-state index in [1.54, 1.807) is 18.2 Å². The molecule has 0 N–H and O–H groups in total. The number of aromatic nitrogens is 1. The molecular formula is C30H36N2O7. The number of carbonyl (C=O) groups is 4. The van der Waals surface area contributed by atoms with Gasteiger partial charge in [0, 0.05) is 44.6 Å². The number of rotatable bonds is 5. The number of benzene rings is 1. The summed E-state index contributed by atoms with van der Waals surface area (Å²) in [5.41, 5.74) is 0.688. The molecule has 2 aromatic rings. The monoisotopic (exact) mass is 536 g/mol. The molecule has 9 nitrogen and oxygen atoms in total. The Bertz CT molecular complexity index is 1160. The number of esters is 3. The molecule has 0 fully saturated rings. The number of hydrogen-bond acceptors (Lipinski definition) is 9. The van der Waals surface area contributed by atoms with E-state index < -0.39 is 29.2 Å². The summed E-state index contributed by atoms with van der Waals surface area (Å²) >= 11 is 0. The molecule has 0 amide bonds. The Morgan fingerprint density at radius 1 is 0.923 bits per heavy atom. The molecule has 0 aliphatic carbocycles. The van der Waals surface area contributed by atoms with Crippen molar-refractivity contribution < 1.29 is 33.4 Å². The minimum absolute atomic E-state index is 0.0257. The third-order valence-corrected chi connectivity index (χ3v) is 6.90. The van der Waals surface area contributed by atoms with Crippen molar-refractivity contribution in [3.8, 4) is 0 Å². The molecule has 1 aromatic heterocycles. The van der Waals surface area contributed by atoms with E-state index in [1.807, 2.05) is 42.5 Å². The van der Waals surface area contributed by atoms with Gasteiger partial charge in [0.05, 0.1) is 32.9 Å². The van der Waals surface area contributed by atoms with E-state index in [1.165, 1.54) is 21.3 Å². The fourth-order valence-corrected chi connectivity index (χ4v) is 4.80. The van der Waals surface area contributed by atoms with Crippen molar-refractivity contribution in [3.63, 3.8) is 0 Å². The summed E-state index contributed by atoms with van der Waals surface area (Å²) in [5.74, 6) is -2.68. The fourth-order valence-electron chi connectivity index (χ4n) is 4.80. The predicted molar refractivity (Wildman–Crippen MR) is 143 cm³/mol. The van der Waals surface area contributed by atoms with Gasteiger partial charge in [0.25, 0.3) is 0 Å². The van der Waals surface area contributed by atoms with Crippen molar-refractivity contribution >= 4 is 23.7 Å². The van der Waals surface area contributed by atoms with Gasteiger partial charge in [-0.25, -0.2) is 0 Å². The molecule has 1 aliphatic rings. The van der Waals surface area contributed by atoms with Gasteiger partial charge in [-0.3, -0.25) is 29.1 Å². The van der Waals surface area contributed by atoms with E-state index in [-0.39, 0.29) is 37.9 Å². The standard InChI is InChI=1S/C30H36N2O7/c1-37-27(34)23-12-7-8-16-30(28(35)38-2,29(36)39-3)19-24-13-9-14-25(31-24)21-32(17-15-26(33)18-23)20-22-10-5-4-6-11-22/h4-11,13-14,23H,12,15-21H2,1-3H3/b8-7+. The SMILES string of the molecule is COC(=O)C1C/C=C/CC(C(=O)OC)(C(=O)OC)Cc2cccc(n2)CN(Cc2ccccc2)CCC(=O)C1. The first kappa shape index (κ1) is 29.7. The first-order valence-corrected chi connectivity index (χ1v) is 12.9. The molecule has 1 aromatic carbocycles. The predicted octanol–water partition coefficient (Wildman–Crippen LogP) is 3.45. The number of carbonyl (C=O) groups excluding carboxylic acids is 4. The molecule has 2 heterocycles. The highest BCUT2D eigenvalue weighted by molar-refractivity contribution is 6.00. The van der Waals surface area contributed by atoms with E-state index in [0.717, 1.165) is 11.3 Å². The van der Waals surface area contributed by atoms with Gasteiger partial charge >= 0.3 is 17.9 Å². The Hall–Kier alpha value is -3.85. The lowest BCUT2D eigenvalue weighted by Crippen LogP contribution is -2.43. The van der Waals surface area contributed by atoms with Crippen molar-refractivity contribution in [1.82, 2.24) is 9.88 Å². The summed E-state index contributed by atoms with van der Waals surface area (Å²) in [6.07, 6.45) is 3.81. The number of fused-ring (bicyclic) bond motifs is 2. The Kier molecular flexibility index (Phi) is 10.9. The van der Waals surface area contributed by atoms with Crippen molar-refractivity contribution in [2.24, 2.45) is 11.3 Å². The number of ether oxygens (including phenoxy) is 3. The number of methoxy groups -OCH3 is 3. The van der Waals surface area contributed by atoms with Crippen molar-refractivity contribution in [3.05, 3.63) is 77.6 Å². The largest absolute Gasteiger partial charge is 0.469 e. The summed E-state index contributed by atoms with van der Waals surface area (Å²) < 4.78 is 15.0. The zero-order chi connectivity index (χ0) is 28.3. The van der Waals surface area contributed by atoms with E-state index in [4.69, 9.17) is 19.2 Å². The van der Waals surface area contributed by atoms with Gasteiger partial charge in [0.1, 0.15) is 5.78 Å². The third-order valence-electron chi connectivity index (χ3n) is 6.90. The van der Waals surface area contributed by atoms with E-state index >= 15 is 0 Å². The van der Waals surface area contributed by atoms with Crippen LogP contribution in [0.4, 0.5) is 0 Å². The molecule has 0 saturated carbocycles. The maximum atomic E-state index is 13.0. The fraction of sp³-hybridized carbons (Fsp3) is 0.433. The Labute approximate surface area is 229 Å². The quantitative estimate of drug-likeness (QED) is 0.245. The van der Waals surface area contributed by atoms with Crippen LogP contribution in [0.2, 0.25) is 0 Å². The van der Waals surface area contributed by atoms with Gasteiger partial charge in [-0.2, -0.15) is 0 Å². The molecule has 3 rings (SSSR count). The van der Waals surface area contributed by atoms with Crippen molar-refractivity contribution in [2.45, 2.75) is 45.2 Å². The van der Waals surface area contributed by atoms with Crippen LogP contribution in [-0.2, 0) is 52.9 Å². The van der Waals surface area contributed by atoms with Crippen LogP contribution in [0.1, 0.15) is 42.6 Å². The van der Waals surface area contributed by atoms with Crippen LogP contribution in [0.25, 0.3) is 0 Å². The van der Waals surface area contributed by atoms with Crippen LogP contribution in [0.15, 0.2) is 60.7 Å². The highest BCUT2D eigenvalue weighted by atomic mass is 16.5. The van der Waals surface area contributed by atoms with Crippen molar-refractivity contribution in [1.29, 1.82) is 0 Å². The normalized spacial score (nSPS) is 19.5. The molecule has 0 spiro atoms. The van der Waals surface area contributed by atoms with Gasteiger partial charge in [-0.05, 0) is 30.5 Å². The average molecular weight is 537 g/mol. The number of ketones is 1. The molecule has 9 heteroatoms. The summed E-state index contributed by atoms with van der Waals surface area (Å²) in [6, 6.07) is 15.4. The summed E-state index contributed by atoms with van der Waals surface area (Å²) in [6.45, 7) is 1.51. The molecule has 1 unspecified atom stereocenters. The minimum atomic E-state index is -1.66. The van der Waals surface area contributed by atoms with Crippen LogP contribution in [0.5, 0.6) is 0 Å². The van der Waals surface area contributed by atoms with E-state index in [0.29, 0.717) is 25.3 Å². The molecule has 39 heavy (non-hydrogen) atoms. The highest BCUT2D eigenvalue weighted by Crippen LogP contribution is 2.32. The summed E-state index contributed by atoms with van der Waals surface area (Å²) in [4.78, 5) is 58.3. The molecule has 208 valence electrons. The lowest BCUT2D eigenvalue weighted by Gasteiger charge is -2.27. The molecular weight excluding hydrogens is 500 g/mol. The Morgan fingerprint density at radius 2 is 1.62 bits per heavy atom. The molecule has 2 bridgehead atoms. The molecule has 0 saturated heterocycles. The lowest BCUT2D eigenvalue weighted by molar-refractivity contribution is -0.169. The summed E-state index contributed by atoms with van der Waals surface area (Å²) in [5, 5.41) is 0. The first-order valence-electron chi connectivity index (χ1n) is 12.9. The summed E-state index contributed by atoms with van der Waals surface area (Å²) in [7, 11) is 3.73.